The van der Waals surface area contributed by atoms with Crippen LogP contribution in [0.2, 0.25) is 0 Å². The van der Waals surface area contributed by atoms with Crippen LogP contribution in [0.25, 0.3) is 22.5 Å². The highest BCUT2D eigenvalue weighted by molar-refractivity contribution is 6.01. The summed E-state index contributed by atoms with van der Waals surface area (Å²) >= 11 is 0. The average molecular weight is 506 g/mol. The molecule has 0 aliphatic heterocycles. The van der Waals surface area contributed by atoms with Crippen LogP contribution in [0.4, 0.5) is 16.2 Å². The molecule has 1 aromatic carbocycles. The molecule has 0 aliphatic rings. The minimum absolute atomic E-state index is 0.0856. The number of carbonyl (C=O) groups is 1. The summed E-state index contributed by atoms with van der Waals surface area (Å²) in [4.78, 5) is 21.3. The molecule has 0 spiro atoms. The van der Waals surface area contributed by atoms with Crippen LogP contribution >= 0.6 is 0 Å². The second-order valence-corrected chi connectivity index (χ2v) is 8.58. The number of amides is 2. The average Bonchev–Trinajstić information content (AvgIpc) is 3.61. The highest BCUT2D eigenvalue weighted by Crippen LogP contribution is 2.29. The van der Waals surface area contributed by atoms with E-state index in [0.29, 0.717) is 39.8 Å². The number of hydrogen-bond donors (Lipinski definition) is 3. The van der Waals surface area contributed by atoms with Crippen LogP contribution in [-0.4, -0.2) is 36.0 Å². The van der Waals surface area contributed by atoms with E-state index >= 15 is 0 Å². The van der Waals surface area contributed by atoms with Crippen LogP contribution in [0.1, 0.15) is 25.6 Å². The van der Waals surface area contributed by atoms with Crippen molar-refractivity contribution in [2.45, 2.75) is 19.9 Å². The number of anilines is 2. The predicted octanol–water partition coefficient (Wildman–Crippen LogP) is 5.62. The first kappa shape index (κ1) is 24.2. The summed E-state index contributed by atoms with van der Waals surface area (Å²) in [6.07, 6.45) is 8.45. The zero-order valence-electron chi connectivity index (χ0n) is 20.6. The molecule has 38 heavy (non-hydrogen) atoms. The lowest BCUT2D eigenvalue weighted by atomic mass is 10.2. The molecule has 0 bridgehead atoms. The van der Waals surface area contributed by atoms with E-state index in [9.17, 15) is 4.79 Å². The van der Waals surface area contributed by atoms with Gasteiger partial charge in [0.1, 0.15) is 29.0 Å². The molecule has 5 aromatic rings. The Balaban J connectivity index is 1.26. The second kappa shape index (κ2) is 10.6. The SMILES string of the molecule is CC(C)n1cc(NC(=O)Nc2ccc(Oc3ccnc(-c4cn[nH]c4)c3)cc2)c(-c2ccc(C#N)nc2)n1. The zero-order valence-corrected chi connectivity index (χ0v) is 20.6. The smallest absolute Gasteiger partial charge is 0.323 e. The van der Waals surface area contributed by atoms with Crippen LogP contribution in [0.3, 0.4) is 0 Å². The van der Waals surface area contributed by atoms with E-state index in [-0.39, 0.29) is 6.04 Å². The number of nitrogens with one attached hydrogen (secondary N) is 3. The van der Waals surface area contributed by atoms with Crippen molar-refractivity contribution in [2.75, 3.05) is 10.6 Å². The Kier molecular flexibility index (Phi) is 6.77. The van der Waals surface area contributed by atoms with E-state index < -0.39 is 6.03 Å². The fraction of sp³-hybridized carbons (Fsp3) is 0.111. The van der Waals surface area contributed by atoms with E-state index in [4.69, 9.17) is 10.00 Å². The van der Waals surface area contributed by atoms with Gasteiger partial charge in [-0.25, -0.2) is 9.78 Å². The lowest BCUT2D eigenvalue weighted by Gasteiger charge is -2.10. The number of H-pyrrole nitrogens is 1. The zero-order chi connectivity index (χ0) is 26.5. The van der Waals surface area contributed by atoms with E-state index in [1.165, 1.54) is 0 Å². The molecular formula is C27H23N9O2. The first-order valence-corrected chi connectivity index (χ1v) is 11.8. The van der Waals surface area contributed by atoms with Gasteiger partial charge in [0.25, 0.3) is 0 Å². The van der Waals surface area contributed by atoms with Crippen molar-refractivity contribution in [3.8, 4) is 40.1 Å². The van der Waals surface area contributed by atoms with Gasteiger partial charge in [0.2, 0.25) is 0 Å². The van der Waals surface area contributed by atoms with Crippen LogP contribution in [-0.2, 0) is 0 Å². The molecule has 4 aromatic heterocycles. The molecule has 0 aliphatic carbocycles. The fourth-order valence-corrected chi connectivity index (χ4v) is 3.61. The van der Waals surface area contributed by atoms with Crippen molar-refractivity contribution in [1.29, 1.82) is 5.26 Å². The summed E-state index contributed by atoms with van der Waals surface area (Å²) in [7, 11) is 0. The lowest BCUT2D eigenvalue weighted by Crippen LogP contribution is -2.19. The highest BCUT2D eigenvalue weighted by atomic mass is 16.5. The third-order valence-corrected chi connectivity index (χ3v) is 5.53. The van der Waals surface area contributed by atoms with Gasteiger partial charge in [-0.2, -0.15) is 15.5 Å². The molecule has 3 N–H and O–H groups in total. The van der Waals surface area contributed by atoms with Crippen molar-refractivity contribution in [3.05, 3.63) is 85.2 Å². The summed E-state index contributed by atoms with van der Waals surface area (Å²) in [5.41, 5.74) is 4.25. The molecule has 0 saturated heterocycles. The Morgan fingerprint density at radius 2 is 1.87 bits per heavy atom. The number of carbonyl (C=O) groups excluding carboxylic acids is 1. The first-order chi connectivity index (χ1) is 18.5. The van der Waals surface area contributed by atoms with E-state index in [1.807, 2.05) is 26.0 Å². The number of hydrogen-bond acceptors (Lipinski definition) is 7. The van der Waals surface area contributed by atoms with Gasteiger partial charge in [0, 0.05) is 53.7 Å². The van der Waals surface area contributed by atoms with Gasteiger partial charge in [-0.15, -0.1) is 0 Å². The minimum atomic E-state index is -0.427. The molecule has 188 valence electrons. The van der Waals surface area contributed by atoms with Crippen molar-refractivity contribution >= 4 is 17.4 Å². The van der Waals surface area contributed by atoms with Gasteiger partial charge in [-0.05, 0) is 56.3 Å². The molecule has 0 atom stereocenters. The number of rotatable bonds is 7. The van der Waals surface area contributed by atoms with E-state index in [1.54, 1.807) is 78.1 Å². The normalized spacial score (nSPS) is 10.7. The maximum atomic E-state index is 12.8. The second-order valence-electron chi connectivity index (χ2n) is 8.58. The number of nitrogens with zero attached hydrogens (tertiary/aromatic N) is 6. The maximum Gasteiger partial charge on any atom is 0.323 e. The van der Waals surface area contributed by atoms with Crippen LogP contribution < -0.4 is 15.4 Å². The maximum absolute atomic E-state index is 12.8. The monoisotopic (exact) mass is 505 g/mol. The summed E-state index contributed by atoms with van der Waals surface area (Å²) < 4.78 is 7.70. The molecule has 2 amide bonds. The Labute approximate surface area is 218 Å². The largest absolute Gasteiger partial charge is 0.457 e. The van der Waals surface area contributed by atoms with E-state index in [0.717, 1.165) is 11.3 Å². The number of pyridine rings is 2. The summed E-state index contributed by atoms with van der Waals surface area (Å²) in [6, 6.07) is 15.6. The Morgan fingerprint density at radius 1 is 1.03 bits per heavy atom. The number of aromatic nitrogens is 6. The molecule has 4 heterocycles. The summed E-state index contributed by atoms with van der Waals surface area (Å²) in [5.74, 6) is 1.23. The third kappa shape index (κ3) is 5.50. The van der Waals surface area contributed by atoms with E-state index in [2.05, 4.69) is 35.9 Å². The molecule has 0 saturated carbocycles. The number of ether oxygens (including phenoxy) is 1. The highest BCUT2D eigenvalue weighted by Gasteiger charge is 2.16. The minimum Gasteiger partial charge on any atom is -0.457 e. The third-order valence-electron chi connectivity index (χ3n) is 5.53. The summed E-state index contributed by atoms with van der Waals surface area (Å²) in [6.45, 7) is 3.98. The molecule has 5 rings (SSSR count). The van der Waals surface area contributed by atoms with Crippen molar-refractivity contribution in [3.63, 3.8) is 0 Å². The van der Waals surface area contributed by atoms with Gasteiger partial charge in [0.15, 0.2) is 0 Å². The van der Waals surface area contributed by atoms with Crippen LogP contribution in [0.15, 0.2) is 79.5 Å². The number of benzene rings is 1. The number of nitriles is 1. The van der Waals surface area contributed by atoms with Crippen LogP contribution in [0.5, 0.6) is 11.5 Å². The Morgan fingerprint density at radius 3 is 2.55 bits per heavy atom. The fourth-order valence-electron chi connectivity index (χ4n) is 3.61. The Bertz CT molecular complexity index is 1580. The molecular weight excluding hydrogens is 482 g/mol. The molecule has 0 unspecified atom stereocenters. The molecule has 0 radical (unpaired) electrons. The van der Waals surface area contributed by atoms with Gasteiger partial charge in [-0.1, -0.05) is 0 Å². The topological polar surface area (TPSA) is 146 Å². The molecule has 0 fully saturated rings. The first-order valence-electron chi connectivity index (χ1n) is 11.8. The van der Waals surface area contributed by atoms with Gasteiger partial charge in [-0.3, -0.25) is 14.8 Å². The van der Waals surface area contributed by atoms with Crippen LogP contribution in [0, 0.1) is 11.3 Å². The summed E-state index contributed by atoms with van der Waals surface area (Å²) in [5, 5.41) is 26.0. The standard InChI is InChI=1S/C27H23N9O2/c1-17(2)36-16-25(26(35-36)18-3-4-21(12-28)30-13-18)34-27(37)33-20-5-7-22(8-6-20)38-23-9-10-29-24(11-23)19-14-31-32-15-19/h3-11,13-17H,1-2H3,(H,31,32)(H2,33,34,37). The van der Waals surface area contributed by atoms with Crippen molar-refractivity contribution in [2.24, 2.45) is 0 Å². The molecule has 11 heteroatoms. The number of aromatic amines is 1. The number of urea groups is 1. The lowest BCUT2D eigenvalue weighted by molar-refractivity contribution is 0.262. The van der Waals surface area contributed by atoms with Crippen molar-refractivity contribution < 1.29 is 9.53 Å². The van der Waals surface area contributed by atoms with Gasteiger partial charge in [0.05, 0.1) is 17.6 Å². The quantitative estimate of drug-likeness (QED) is 0.260. The van der Waals surface area contributed by atoms with Gasteiger partial charge >= 0.3 is 6.03 Å². The predicted molar refractivity (Wildman–Crippen MR) is 142 cm³/mol. The molecule has 11 nitrogen and oxygen atoms in total. The Hall–Kier alpha value is -5.50. The van der Waals surface area contributed by atoms with Gasteiger partial charge < -0.3 is 15.4 Å². The van der Waals surface area contributed by atoms with Crippen molar-refractivity contribution in [1.82, 2.24) is 29.9 Å².